The number of amides is 1. The molecule has 0 bridgehead atoms. The Morgan fingerprint density at radius 1 is 1.44 bits per heavy atom. The van der Waals surface area contributed by atoms with Crippen molar-refractivity contribution in [3.05, 3.63) is 34.3 Å². The third kappa shape index (κ3) is 3.25. The van der Waals surface area contributed by atoms with Gasteiger partial charge in [-0.25, -0.2) is 0 Å². The van der Waals surface area contributed by atoms with Gasteiger partial charge < -0.3 is 9.64 Å². The highest BCUT2D eigenvalue weighted by atomic mass is 79.9. The summed E-state index contributed by atoms with van der Waals surface area (Å²) in [4.78, 5) is 14.1. The van der Waals surface area contributed by atoms with Crippen LogP contribution in [0, 0.1) is 0 Å². The van der Waals surface area contributed by atoms with E-state index in [-0.39, 0.29) is 18.1 Å². The first-order valence-corrected chi connectivity index (χ1v) is 7.19. The number of alkyl halides is 1. The Bertz CT molecular complexity index is 424. The summed E-state index contributed by atoms with van der Waals surface area (Å²) in [6, 6.07) is 7.39. The summed E-state index contributed by atoms with van der Waals surface area (Å²) in [6.45, 7) is 3.13. The first-order valence-electron chi connectivity index (χ1n) is 5.86. The number of hydrogen-bond donors (Lipinski definition) is 0. The molecule has 5 heteroatoms. The summed E-state index contributed by atoms with van der Waals surface area (Å²) in [5.74, 6) is 0.446. The standard InChI is InChI=1S/C13H15BrClNO2/c1-9-7-16(8-12(6-15)18-9)13(17)10-2-4-11(14)5-3-10/h2-5,9,12H,6-8H2,1H3. The highest BCUT2D eigenvalue weighted by Crippen LogP contribution is 2.17. The third-order valence-electron chi connectivity index (χ3n) is 2.88. The van der Waals surface area contributed by atoms with Crippen molar-refractivity contribution in [2.45, 2.75) is 19.1 Å². The van der Waals surface area contributed by atoms with E-state index in [1.807, 2.05) is 36.1 Å². The number of halogens is 2. The lowest BCUT2D eigenvalue weighted by Gasteiger charge is -2.36. The fraction of sp³-hybridized carbons (Fsp3) is 0.462. The lowest BCUT2D eigenvalue weighted by atomic mass is 10.1. The molecule has 0 spiro atoms. The van der Waals surface area contributed by atoms with E-state index in [1.165, 1.54) is 0 Å². The van der Waals surface area contributed by atoms with E-state index >= 15 is 0 Å². The Hall–Kier alpha value is -0.580. The molecule has 2 rings (SSSR count). The second-order valence-electron chi connectivity index (χ2n) is 4.44. The molecule has 0 aromatic heterocycles. The number of benzene rings is 1. The predicted molar refractivity (Wildman–Crippen MR) is 75.1 cm³/mol. The SMILES string of the molecule is CC1CN(C(=O)c2ccc(Br)cc2)CC(CCl)O1. The smallest absolute Gasteiger partial charge is 0.254 e. The molecule has 0 aliphatic carbocycles. The van der Waals surface area contributed by atoms with Gasteiger partial charge in [0.25, 0.3) is 5.91 Å². The molecule has 1 fully saturated rings. The van der Waals surface area contributed by atoms with Crippen LogP contribution in [0.25, 0.3) is 0 Å². The van der Waals surface area contributed by atoms with E-state index in [1.54, 1.807) is 0 Å². The summed E-state index contributed by atoms with van der Waals surface area (Å²) in [5, 5.41) is 0. The summed E-state index contributed by atoms with van der Waals surface area (Å²) in [6.07, 6.45) is -0.0447. The first kappa shape index (κ1) is 13.8. The van der Waals surface area contributed by atoms with Crippen molar-refractivity contribution < 1.29 is 9.53 Å². The van der Waals surface area contributed by atoms with Gasteiger partial charge >= 0.3 is 0 Å². The molecule has 1 aromatic rings. The maximum atomic E-state index is 12.3. The van der Waals surface area contributed by atoms with Gasteiger partial charge in [0.05, 0.1) is 18.1 Å². The highest BCUT2D eigenvalue weighted by molar-refractivity contribution is 9.10. The van der Waals surface area contributed by atoms with E-state index < -0.39 is 0 Å². The third-order valence-corrected chi connectivity index (χ3v) is 3.75. The van der Waals surface area contributed by atoms with E-state index in [4.69, 9.17) is 16.3 Å². The normalized spacial score (nSPS) is 24.1. The largest absolute Gasteiger partial charge is 0.370 e. The second-order valence-corrected chi connectivity index (χ2v) is 5.66. The topological polar surface area (TPSA) is 29.5 Å². The minimum Gasteiger partial charge on any atom is -0.370 e. The molecule has 3 nitrogen and oxygen atoms in total. The number of hydrogen-bond acceptors (Lipinski definition) is 2. The average molecular weight is 333 g/mol. The van der Waals surface area contributed by atoms with E-state index in [0.29, 0.717) is 24.5 Å². The minimum atomic E-state index is -0.0742. The maximum Gasteiger partial charge on any atom is 0.254 e. The molecule has 1 saturated heterocycles. The zero-order chi connectivity index (χ0) is 13.1. The zero-order valence-electron chi connectivity index (χ0n) is 10.1. The molecular formula is C13H15BrClNO2. The maximum absolute atomic E-state index is 12.3. The Balaban J connectivity index is 2.10. The van der Waals surface area contributed by atoms with E-state index in [9.17, 15) is 4.79 Å². The average Bonchev–Trinajstić information content (AvgIpc) is 2.38. The van der Waals surface area contributed by atoms with Gasteiger partial charge in [0.2, 0.25) is 0 Å². The minimum absolute atomic E-state index is 0.0295. The molecule has 1 amide bonds. The Morgan fingerprint density at radius 2 is 2.11 bits per heavy atom. The molecule has 2 unspecified atom stereocenters. The first-order chi connectivity index (χ1) is 8.60. The van der Waals surface area contributed by atoms with Crippen molar-refractivity contribution in [2.24, 2.45) is 0 Å². The lowest BCUT2D eigenvalue weighted by molar-refractivity contribution is -0.0570. The monoisotopic (exact) mass is 331 g/mol. The van der Waals surface area contributed by atoms with Crippen LogP contribution in [0.5, 0.6) is 0 Å². The Morgan fingerprint density at radius 3 is 2.72 bits per heavy atom. The molecule has 1 heterocycles. The summed E-state index contributed by atoms with van der Waals surface area (Å²) in [7, 11) is 0. The van der Waals surface area contributed by atoms with Crippen LogP contribution in [0.1, 0.15) is 17.3 Å². The van der Waals surface area contributed by atoms with Crippen molar-refractivity contribution in [3.8, 4) is 0 Å². The van der Waals surface area contributed by atoms with Crippen LogP contribution >= 0.6 is 27.5 Å². The fourth-order valence-corrected chi connectivity index (χ4v) is 2.51. The molecule has 18 heavy (non-hydrogen) atoms. The van der Waals surface area contributed by atoms with Crippen LogP contribution in [-0.4, -0.2) is 42.0 Å². The van der Waals surface area contributed by atoms with Gasteiger partial charge in [-0.05, 0) is 31.2 Å². The number of rotatable bonds is 2. The van der Waals surface area contributed by atoms with Crippen molar-refractivity contribution in [1.29, 1.82) is 0 Å². The Kier molecular flexibility index (Phi) is 4.65. The molecule has 2 atom stereocenters. The van der Waals surface area contributed by atoms with Gasteiger partial charge in [0.1, 0.15) is 0 Å². The van der Waals surface area contributed by atoms with Crippen molar-refractivity contribution >= 4 is 33.4 Å². The number of carbonyl (C=O) groups is 1. The van der Waals surface area contributed by atoms with Gasteiger partial charge in [-0.2, -0.15) is 0 Å². The predicted octanol–water partition coefficient (Wildman–Crippen LogP) is 2.92. The molecular weight excluding hydrogens is 318 g/mol. The van der Waals surface area contributed by atoms with Gasteiger partial charge in [-0.15, -0.1) is 11.6 Å². The van der Waals surface area contributed by atoms with Gasteiger partial charge in [0.15, 0.2) is 0 Å². The van der Waals surface area contributed by atoms with E-state index in [2.05, 4.69) is 15.9 Å². The number of morpholine rings is 1. The summed E-state index contributed by atoms with van der Waals surface area (Å²) in [5.41, 5.74) is 0.695. The van der Waals surface area contributed by atoms with Crippen molar-refractivity contribution in [1.82, 2.24) is 4.90 Å². The van der Waals surface area contributed by atoms with Gasteiger partial charge in [-0.3, -0.25) is 4.79 Å². The van der Waals surface area contributed by atoms with Crippen LogP contribution < -0.4 is 0 Å². The van der Waals surface area contributed by atoms with Crippen LogP contribution in [0.2, 0.25) is 0 Å². The molecule has 0 saturated carbocycles. The fourth-order valence-electron chi connectivity index (χ4n) is 2.07. The van der Waals surface area contributed by atoms with Gasteiger partial charge in [0, 0.05) is 23.1 Å². The molecule has 0 radical (unpaired) electrons. The number of carbonyl (C=O) groups excluding carboxylic acids is 1. The molecule has 98 valence electrons. The number of ether oxygens (including phenoxy) is 1. The van der Waals surface area contributed by atoms with Crippen LogP contribution in [0.15, 0.2) is 28.7 Å². The summed E-state index contributed by atoms with van der Waals surface area (Å²) < 4.78 is 6.60. The zero-order valence-corrected chi connectivity index (χ0v) is 12.4. The lowest BCUT2D eigenvalue weighted by Crippen LogP contribution is -2.49. The molecule has 1 aliphatic heterocycles. The van der Waals surface area contributed by atoms with Crippen LogP contribution in [-0.2, 0) is 4.74 Å². The number of nitrogens with zero attached hydrogens (tertiary/aromatic N) is 1. The van der Waals surface area contributed by atoms with Crippen molar-refractivity contribution in [2.75, 3.05) is 19.0 Å². The van der Waals surface area contributed by atoms with E-state index in [0.717, 1.165) is 4.47 Å². The quantitative estimate of drug-likeness (QED) is 0.779. The Labute approximate surface area is 120 Å². The van der Waals surface area contributed by atoms with Crippen molar-refractivity contribution in [3.63, 3.8) is 0 Å². The molecule has 1 aromatic carbocycles. The van der Waals surface area contributed by atoms with Gasteiger partial charge in [-0.1, -0.05) is 15.9 Å². The van der Waals surface area contributed by atoms with Crippen LogP contribution in [0.3, 0.4) is 0 Å². The molecule has 1 aliphatic rings. The molecule has 0 N–H and O–H groups in total. The highest BCUT2D eigenvalue weighted by Gasteiger charge is 2.28. The second kappa shape index (κ2) is 6.04. The van der Waals surface area contributed by atoms with Crippen LogP contribution in [0.4, 0.5) is 0 Å². The summed E-state index contributed by atoms with van der Waals surface area (Å²) >= 11 is 9.17.